The van der Waals surface area contributed by atoms with Crippen LogP contribution in [0.5, 0.6) is 0 Å². The molecule has 0 unspecified atom stereocenters. The van der Waals surface area contributed by atoms with Crippen LogP contribution in [-0.2, 0) is 9.53 Å². The first kappa shape index (κ1) is 20.3. The maximum Gasteiger partial charge on any atom is 0.407 e. The average Bonchev–Trinajstić information content (AvgIpc) is 3.15. The lowest BCUT2D eigenvalue weighted by atomic mass is 10.0. The Morgan fingerprint density at radius 3 is 2.82 bits per heavy atom. The molecule has 9 heteroatoms. The van der Waals surface area contributed by atoms with Gasteiger partial charge in [0.05, 0.1) is 24.1 Å². The summed E-state index contributed by atoms with van der Waals surface area (Å²) in [6.45, 7) is 4.26. The Morgan fingerprint density at radius 2 is 2.14 bits per heavy atom. The van der Waals surface area contributed by atoms with Gasteiger partial charge in [-0.1, -0.05) is 29.8 Å². The molecule has 1 aliphatic heterocycles. The second kappa shape index (κ2) is 8.30. The number of hydrogen-bond donors (Lipinski definition) is 2. The Kier molecular flexibility index (Phi) is 6.02. The summed E-state index contributed by atoms with van der Waals surface area (Å²) in [4.78, 5) is 46.4. The van der Waals surface area contributed by atoms with Crippen molar-refractivity contribution in [3.8, 4) is 0 Å². The van der Waals surface area contributed by atoms with Gasteiger partial charge in [0.1, 0.15) is 11.9 Å². The number of fused-ring (bicyclic) bond motifs is 1. The van der Waals surface area contributed by atoms with E-state index in [1.165, 1.54) is 7.11 Å². The minimum absolute atomic E-state index is 0.117. The number of nitrogens with zero attached hydrogens (tertiary/aromatic N) is 2. The van der Waals surface area contributed by atoms with E-state index in [1.807, 2.05) is 19.9 Å². The van der Waals surface area contributed by atoms with Crippen LogP contribution in [0.4, 0.5) is 4.79 Å². The highest BCUT2D eigenvalue weighted by Gasteiger charge is 2.37. The van der Waals surface area contributed by atoms with Crippen molar-refractivity contribution >= 4 is 38.8 Å². The number of alkyl carbamates (subject to hydrolysis) is 1. The molecule has 1 aliphatic rings. The molecular weight excluding hydrogens is 428 g/mol. The van der Waals surface area contributed by atoms with E-state index >= 15 is 0 Å². The molecule has 2 atom stereocenters. The molecule has 8 nitrogen and oxygen atoms in total. The number of nitrogens with one attached hydrogen (secondary N) is 2. The SMILES string of the molecule is COC(=O)N[C@H](C(=O)N1CCC[C@H]1c1nc2ccc(Br)cc2c(=O)[nH]1)C(C)C. The fourth-order valence-corrected chi connectivity index (χ4v) is 3.84. The zero-order chi connectivity index (χ0) is 20.4. The second-order valence-electron chi connectivity index (χ2n) is 7.16. The van der Waals surface area contributed by atoms with Crippen LogP contribution in [0.25, 0.3) is 10.9 Å². The van der Waals surface area contributed by atoms with E-state index in [1.54, 1.807) is 17.0 Å². The van der Waals surface area contributed by atoms with Crippen molar-refractivity contribution < 1.29 is 14.3 Å². The third kappa shape index (κ3) is 4.04. The molecule has 2 amide bonds. The Hall–Kier alpha value is -2.42. The topological polar surface area (TPSA) is 104 Å². The number of carbonyl (C=O) groups excluding carboxylic acids is 2. The summed E-state index contributed by atoms with van der Waals surface area (Å²) in [6, 6.07) is 4.27. The van der Waals surface area contributed by atoms with Crippen molar-refractivity contribution in [3.63, 3.8) is 0 Å². The summed E-state index contributed by atoms with van der Waals surface area (Å²) >= 11 is 3.36. The first-order chi connectivity index (χ1) is 13.3. The summed E-state index contributed by atoms with van der Waals surface area (Å²) in [5, 5.41) is 3.10. The Bertz CT molecular complexity index is 959. The van der Waals surface area contributed by atoms with Gasteiger partial charge in [0.2, 0.25) is 5.91 Å². The predicted molar refractivity (Wildman–Crippen MR) is 108 cm³/mol. The summed E-state index contributed by atoms with van der Waals surface area (Å²) in [5.41, 5.74) is 0.336. The van der Waals surface area contributed by atoms with E-state index in [2.05, 4.69) is 36.0 Å². The minimum atomic E-state index is -0.712. The normalized spacial score (nSPS) is 17.8. The highest BCUT2D eigenvalue weighted by molar-refractivity contribution is 9.10. The summed E-state index contributed by atoms with van der Waals surface area (Å²) in [7, 11) is 1.26. The summed E-state index contributed by atoms with van der Waals surface area (Å²) < 4.78 is 5.44. The van der Waals surface area contributed by atoms with Gasteiger partial charge in [0.25, 0.3) is 5.56 Å². The van der Waals surface area contributed by atoms with Gasteiger partial charge in [-0.25, -0.2) is 9.78 Å². The van der Waals surface area contributed by atoms with Crippen LogP contribution in [0, 0.1) is 5.92 Å². The Labute approximate surface area is 170 Å². The lowest BCUT2D eigenvalue weighted by Crippen LogP contribution is -2.51. The number of H-pyrrole nitrogens is 1. The van der Waals surface area contributed by atoms with Gasteiger partial charge in [0, 0.05) is 11.0 Å². The van der Waals surface area contributed by atoms with Crippen LogP contribution in [0.15, 0.2) is 27.5 Å². The number of hydrogen-bond acceptors (Lipinski definition) is 5. The molecule has 0 radical (unpaired) electrons. The van der Waals surface area contributed by atoms with Crippen LogP contribution < -0.4 is 10.9 Å². The lowest BCUT2D eigenvalue weighted by molar-refractivity contribution is -0.135. The number of methoxy groups -OCH3 is 1. The number of carbonyl (C=O) groups is 2. The summed E-state index contributed by atoms with van der Waals surface area (Å²) in [5.74, 6) is 0.140. The molecular formula is C19H23BrN4O4. The van der Waals surface area contributed by atoms with Crippen LogP contribution in [0.1, 0.15) is 38.6 Å². The number of amides is 2. The van der Waals surface area contributed by atoms with Gasteiger partial charge in [-0.3, -0.25) is 9.59 Å². The minimum Gasteiger partial charge on any atom is -0.453 e. The smallest absolute Gasteiger partial charge is 0.407 e. The molecule has 1 aromatic heterocycles. The average molecular weight is 451 g/mol. The van der Waals surface area contributed by atoms with E-state index in [-0.39, 0.29) is 23.4 Å². The first-order valence-electron chi connectivity index (χ1n) is 9.16. The number of benzene rings is 1. The van der Waals surface area contributed by atoms with Gasteiger partial charge >= 0.3 is 6.09 Å². The summed E-state index contributed by atoms with van der Waals surface area (Å²) in [6.07, 6.45) is 0.840. The maximum absolute atomic E-state index is 13.1. The van der Waals surface area contributed by atoms with Crippen molar-refractivity contribution in [2.75, 3.05) is 13.7 Å². The van der Waals surface area contributed by atoms with E-state index in [4.69, 9.17) is 0 Å². The fourth-order valence-electron chi connectivity index (χ4n) is 3.48. The number of rotatable bonds is 4. The number of aromatic nitrogens is 2. The van der Waals surface area contributed by atoms with Gasteiger partial charge in [-0.15, -0.1) is 0 Å². The van der Waals surface area contributed by atoms with Crippen molar-refractivity contribution in [2.45, 2.75) is 38.8 Å². The van der Waals surface area contributed by atoms with Crippen LogP contribution in [-0.4, -0.2) is 46.6 Å². The van der Waals surface area contributed by atoms with E-state index < -0.39 is 12.1 Å². The monoisotopic (exact) mass is 450 g/mol. The van der Waals surface area contributed by atoms with Crippen LogP contribution >= 0.6 is 15.9 Å². The van der Waals surface area contributed by atoms with E-state index in [0.29, 0.717) is 29.7 Å². The molecule has 28 heavy (non-hydrogen) atoms. The largest absolute Gasteiger partial charge is 0.453 e. The molecule has 1 saturated heterocycles. The van der Waals surface area contributed by atoms with Crippen molar-refractivity contribution in [1.82, 2.24) is 20.2 Å². The molecule has 150 valence electrons. The number of aromatic amines is 1. The molecule has 2 aromatic rings. The molecule has 2 heterocycles. The van der Waals surface area contributed by atoms with Crippen LogP contribution in [0.3, 0.4) is 0 Å². The van der Waals surface area contributed by atoms with Gasteiger partial charge in [0.15, 0.2) is 0 Å². The van der Waals surface area contributed by atoms with Gasteiger partial charge < -0.3 is 19.9 Å². The van der Waals surface area contributed by atoms with Crippen molar-refractivity contribution in [3.05, 3.63) is 38.9 Å². The van der Waals surface area contributed by atoms with Crippen LogP contribution in [0.2, 0.25) is 0 Å². The molecule has 0 bridgehead atoms. The second-order valence-corrected chi connectivity index (χ2v) is 8.08. The third-order valence-electron chi connectivity index (χ3n) is 4.93. The molecule has 3 rings (SSSR count). The molecule has 0 saturated carbocycles. The standard InChI is InChI=1S/C19H23BrN4O4/c1-10(2)15(22-19(27)28-3)18(26)24-8-4-5-14(24)16-21-13-7-6-11(20)9-12(13)17(25)23-16/h6-7,9-10,14-15H,4-5,8H2,1-3H3,(H,22,27)(H,21,23,25)/t14-,15-/m0/s1. The van der Waals surface area contributed by atoms with E-state index in [9.17, 15) is 14.4 Å². The molecule has 0 spiro atoms. The van der Waals surface area contributed by atoms with Gasteiger partial charge in [-0.2, -0.15) is 0 Å². The molecule has 0 aliphatic carbocycles. The van der Waals surface area contributed by atoms with E-state index in [0.717, 1.165) is 10.9 Å². The number of halogens is 1. The number of likely N-dealkylation sites (tertiary alicyclic amines) is 1. The maximum atomic E-state index is 13.1. The predicted octanol–water partition coefficient (Wildman–Crippen LogP) is 2.73. The van der Waals surface area contributed by atoms with Crippen molar-refractivity contribution in [2.24, 2.45) is 5.92 Å². The molecule has 2 N–H and O–H groups in total. The molecule has 1 aromatic carbocycles. The molecule has 1 fully saturated rings. The lowest BCUT2D eigenvalue weighted by Gasteiger charge is -2.30. The quantitative estimate of drug-likeness (QED) is 0.744. The fraction of sp³-hybridized carbons (Fsp3) is 0.474. The Balaban J connectivity index is 1.93. The highest BCUT2D eigenvalue weighted by atomic mass is 79.9. The van der Waals surface area contributed by atoms with Crippen molar-refractivity contribution in [1.29, 1.82) is 0 Å². The van der Waals surface area contributed by atoms with Gasteiger partial charge in [-0.05, 0) is 37.0 Å². The zero-order valence-electron chi connectivity index (χ0n) is 16.0. The third-order valence-corrected chi connectivity index (χ3v) is 5.42. The zero-order valence-corrected chi connectivity index (χ0v) is 17.6. The first-order valence-corrected chi connectivity index (χ1v) is 9.95. The highest BCUT2D eigenvalue weighted by Crippen LogP contribution is 2.31. The Morgan fingerprint density at radius 1 is 1.39 bits per heavy atom. The number of ether oxygens (including phenoxy) is 1.